The summed E-state index contributed by atoms with van der Waals surface area (Å²) in [6, 6.07) is 0. The third-order valence-corrected chi connectivity index (χ3v) is 5.20. The van der Waals surface area contributed by atoms with Gasteiger partial charge >= 0.3 is 13.6 Å². The molecule has 6 heteroatoms. The lowest BCUT2D eigenvalue weighted by atomic mass is 10.1. The van der Waals surface area contributed by atoms with E-state index in [-0.39, 0.29) is 13.0 Å². The van der Waals surface area contributed by atoms with Crippen molar-refractivity contribution >= 4 is 13.6 Å². The first-order valence-corrected chi connectivity index (χ1v) is 11.1. The molecule has 5 nitrogen and oxygen atoms in total. The van der Waals surface area contributed by atoms with E-state index in [1.54, 1.807) is 19.1 Å². The summed E-state index contributed by atoms with van der Waals surface area (Å²) in [6.45, 7) is 10.1. The highest BCUT2D eigenvalue weighted by Crippen LogP contribution is 2.43. The molecule has 0 aromatic heterocycles. The highest BCUT2D eigenvalue weighted by Gasteiger charge is 2.35. The molecule has 0 bridgehead atoms. The average molecular weight is 398 g/mol. The molecule has 2 N–H and O–H groups in total. The van der Waals surface area contributed by atoms with Gasteiger partial charge in [0.2, 0.25) is 0 Å². The minimum Gasteiger partial charge on any atom is -0.465 e. The van der Waals surface area contributed by atoms with Crippen LogP contribution in [0.2, 0.25) is 0 Å². The molecule has 0 radical (unpaired) electrons. The third kappa shape index (κ3) is 13.4. The van der Waals surface area contributed by atoms with Gasteiger partial charge in [-0.1, -0.05) is 47.1 Å². The second-order valence-electron chi connectivity index (χ2n) is 6.94. The van der Waals surface area contributed by atoms with Crippen LogP contribution in [-0.2, 0) is 14.1 Å². The lowest BCUT2D eigenvalue weighted by molar-refractivity contribution is -0.142. The van der Waals surface area contributed by atoms with Crippen LogP contribution in [0.15, 0.2) is 47.1 Å². The molecule has 0 amide bonds. The quantitative estimate of drug-likeness (QED) is 0.197. The summed E-state index contributed by atoms with van der Waals surface area (Å²) in [5.74, 6) is -0.857. The van der Waals surface area contributed by atoms with Crippen LogP contribution in [0.1, 0.15) is 66.7 Å². The number of hydrogen-bond donors (Lipinski definition) is 2. The summed E-state index contributed by atoms with van der Waals surface area (Å²) in [5, 5.41) is 0. The fourth-order valence-corrected chi connectivity index (χ4v) is 3.11. The highest BCUT2D eigenvalue weighted by atomic mass is 31.2. The van der Waals surface area contributed by atoms with Crippen LogP contribution in [0.25, 0.3) is 0 Å². The van der Waals surface area contributed by atoms with Crippen molar-refractivity contribution in [1.82, 2.24) is 0 Å². The van der Waals surface area contributed by atoms with E-state index in [1.165, 1.54) is 16.7 Å². The van der Waals surface area contributed by atoms with Gasteiger partial charge < -0.3 is 14.5 Å². The smallest absolute Gasteiger partial charge is 0.340 e. The highest BCUT2D eigenvalue weighted by molar-refractivity contribution is 7.53. The van der Waals surface area contributed by atoms with E-state index in [4.69, 9.17) is 4.74 Å². The zero-order chi connectivity index (χ0) is 20.9. The number of ether oxygens (including phenoxy) is 1. The van der Waals surface area contributed by atoms with Crippen molar-refractivity contribution < 1.29 is 23.9 Å². The number of carbonyl (C=O) groups is 1. The van der Waals surface area contributed by atoms with Gasteiger partial charge in [-0.3, -0.25) is 9.36 Å². The molecule has 0 aromatic carbocycles. The average Bonchev–Trinajstić information content (AvgIpc) is 2.53. The van der Waals surface area contributed by atoms with Gasteiger partial charge in [0.15, 0.2) is 5.66 Å². The van der Waals surface area contributed by atoms with Crippen LogP contribution in [0.4, 0.5) is 0 Å². The van der Waals surface area contributed by atoms with Gasteiger partial charge in [0.05, 0.1) is 6.61 Å². The van der Waals surface area contributed by atoms with Crippen LogP contribution in [0, 0.1) is 0 Å². The minimum atomic E-state index is -4.53. The van der Waals surface area contributed by atoms with Crippen LogP contribution in [0.5, 0.6) is 0 Å². The summed E-state index contributed by atoms with van der Waals surface area (Å²) >= 11 is 0. The molecule has 0 saturated heterocycles. The second-order valence-corrected chi connectivity index (χ2v) is 8.74. The predicted octanol–water partition coefficient (Wildman–Crippen LogP) is 5.46. The first kappa shape index (κ1) is 25.6. The van der Waals surface area contributed by atoms with Gasteiger partial charge in [0.25, 0.3) is 0 Å². The van der Waals surface area contributed by atoms with Crippen LogP contribution < -0.4 is 0 Å². The summed E-state index contributed by atoms with van der Waals surface area (Å²) in [6.07, 6.45) is 13.7. The zero-order valence-corrected chi connectivity index (χ0v) is 18.2. The Hall–Kier alpha value is -1.42. The van der Waals surface area contributed by atoms with E-state index in [0.717, 1.165) is 25.7 Å². The number of hydrogen-bond acceptors (Lipinski definition) is 3. The monoisotopic (exact) mass is 398 g/mol. The van der Waals surface area contributed by atoms with Crippen LogP contribution in [-0.4, -0.2) is 28.0 Å². The van der Waals surface area contributed by atoms with E-state index < -0.39 is 19.2 Å². The van der Waals surface area contributed by atoms with Crippen molar-refractivity contribution in [2.24, 2.45) is 0 Å². The Labute approximate surface area is 164 Å². The van der Waals surface area contributed by atoms with Crippen molar-refractivity contribution in [3.63, 3.8) is 0 Å². The Morgan fingerprint density at radius 2 is 1.63 bits per heavy atom. The van der Waals surface area contributed by atoms with Crippen LogP contribution >= 0.6 is 7.60 Å². The van der Waals surface area contributed by atoms with E-state index in [9.17, 15) is 19.1 Å². The number of carbonyl (C=O) groups excluding carboxylic acids is 1. The molecule has 0 rings (SSSR count). The zero-order valence-electron chi connectivity index (χ0n) is 17.3. The van der Waals surface area contributed by atoms with Gasteiger partial charge in [-0.25, -0.2) is 0 Å². The van der Waals surface area contributed by atoms with Gasteiger partial charge in [-0.15, -0.1) is 0 Å². The van der Waals surface area contributed by atoms with Crippen LogP contribution in [0.3, 0.4) is 0 Å². The summed E-state index contributed by atoms with van der Waals surface area (Å²) in [5.41, 5.74) is 2.46. The van der Waals surface area contributed by atoms with Gasteiger partial charge in [0, 0.05) is 0 Å². The minimum absolute atomic E-state index is 0.0454. The molecule has 0 aromatic rings. The molecule has 27 heavy (non-hydrogen) atoms. The number of allylic oxidation sites excluding steroid dienone is 8. The number of rotatable bonds is 12. The molecular weight excluding hydrogens is 363 g/mol. The molecule has 0 spiro atoms. The Kier molecular flexibility index (Phi) is 13.0. The van der Waals surface area contributed by atoms with E-state index >= 15 is 0 Å². The van der Waals surface area contributed by atoms with Gasteiger partial charge in [-0.05, 0) is 66.7 Å². The topological polar surface area (TPSA) is 83.8 Å². The Balaban J connectivity index is 4.48. The molecule has 0 aliphatic heterocycles. The molecule has 0 heterocycles. The van der Waals surface area contributed by atoms with E-state index in [1.807, 2.05) is 13.0 Å². The van der Waals surface area contributed by atoms with Crippen molar-refractivity contribution in [1.29, 1.82) is 0 Å². The predicted molar refractivity (Wildman–Crippen MR) is 112 cm³/mol. The Morgan fingerprint density at radius 1 is 1.04 bits per heavy atom. The standard InChI is InChI=1S/C21H35O5P/c1-6-26-21(22)20(27(23,24)25)16-8-7-12-18(4)14-10-15-19(5)13-9-11-17(2)3/h7-8,11-12,15,20H,6,9-10,13-14,16H2,1-5H3,(H2,23,24,25)/b8-7+,18-12+,19-15+. The first-order chi connectivity index (χ1) is 12.6. The van der Waals surface area contributed by atoms with E-state index in [2.05, 4.69) is 32.9 Å². The molecule has 0 aliphatic rings. The van der Waals surface area contributed by atoms with Crippen molar-refractivity contribution in [2.75, 3.05) is 6.61 Å². The lowest BCUT2D eigenvalue weighted by Gasteiger charge is -2.14. The summed E-state index contributed by atoms with van der Waals surface area (Å²) in [7, 11) is -4.53. The molecular formula is C21H35O5P. The van der Waals surface area contributed by atoms with E-state index in [0.29, 0.717) is 0 Å². The molecule has 0 fully saturated rings. The summed E-state index contributed by atoms with van der Waals surface area (Å²) < 4.78 is 16.2. The third-order valence-electron chi connectivity index (χ3n) is 3.96. The van der Waals surface area contributed by atoms with Crippen molar-refractivity contribution in [3.05, 3.63) is 47.1 Å². The Bertz CT molecular complexity index is 618. The molecule has 154 valence electrons. The number of esters is 1. The Morgan fingerprint density at radius 3 is 2.19 bits per heavy atom. The molecule has 1 unspecified atom stereocenters. The molecule has 0 saturated carbocycles. The van der Waals surface area contributed by atoms with Crippen molar-refractivity contribution in [2.45, 2.75) is 72.4 Å². The summed E-state index contributed by atoms with van der Waals surface area (Å²) in [4.78, 5) is 30.2. The SMILES string of the molecule is CCOC(=O)C(C/C=C/C=C(\C)CC/C=C(\C)CCC=C(C)C)P(=O)(O)O. The first-order valence-electron chi connectivity index (χ1n) is 9.41. The maximum Gasteiger partial charge on any atom is 0.340 e. The maximum absolute atomic E-state index is 11.7. The maximum atomic E-state index is 11.7. The van der Waals surface area contributed by atoms with Gasteiger partial charge in [-0.2, -0.15) is 0 Å². The fourth-order valence-electron chi connectivity index (χ4n) is 2.37. The molecule has 1 atom stereocenters. The van der Waals surface area contributed by atoms with Gasteiger partial charge in [0.1, 0.15) is 0 Å². The van der Waals surface area contributed by atoms with Crippen molar-refractivity contribution in [3.8, 4) is 0 Å². The largest absolute Gasteiger partial charge is 0.465 e. The molecule has 0 aliphatic carbocycles. The fraction of sp³-hybridized carbons (Fsp3) is 0.571. The lowest BCUT2D eigenvalue weighted by Crippen LogP contribution is -2.23. The normalized spacial score (nSPS) is 14.3. The second kappa shape index (κ2) is 13.7.